The van der Waals surface area contributed by atoms with E-state index in [1.54, 1.807) is 7.05 Å². The van der Waals surface area contributed by atoms with Crippen molar-refractivity contribution in [3.8, 4) is 5.75 Å². The fourth-order valence-corrected chi connectivity index (χ4v) is 2.02. The maximum Gasteiger partial charge on any atom is 0.191 e. The van der Waals surface area contributed by atoms with Gasteiger partial charge < -0.3 is 20.1 Å². The predicted octanol–water partition coefficient (Wildman–Crippen LogP) is 2.74. The quantitative estimate of drug-likeness (QED) is 0.417. The van der Waals surface area contributed by atoms with Gasteiger partial charge in [-0.1, -0.05) is 12.1 Å². The molecule has 0 saturated carbocycles. The number of nitrogens with one attached hydrogen (secondary N) is 2. The lowest BCUT2D eigenvalue weighted by atomic mass is 10.2. The maximum atomic E-state index is 5.89. The molecule has 23 heavy (non-hydrogen) atoms. The third-order valence-corrected chi connectivity index (χ3v) is 3.17. The van der Waals surface area contributed by atoms with Crippen molar-refractivity contribution >= 4 is 5.96 Å². The van der Waals surface area contributed by atoms with E-state index in [0.717, 1.165) is 31.3 Å². The van der Waals surface area contributed by atoms with E-state index in [2.05, 4.69) is 28.6 Å². The van der Waals surface area contributed by atoms with Gasteiger partial charge in [0.15, 0.2) is 5.96 Å². The Hall–Kier alpha value is -1.75. The number of benzene rings is 1. The first-order valence-corrected chi connectivity index (χ1v) is 8.30. The summed E-state index contributed by atoms with van der Waals surface area (Å²) >= 11 is 0. The molecule has 130 valence electrons. The number of rotatable bonds is 9. The molecule has 0 aromatic heterocycles. The number of hydrogen-bond acceptors (Lipinski definition) is 3. The highest BCUT2D eigenvalue weighted by molar-refractivity contribution is 5.79. The van der Waals surface area contributed by atoms with Gasteiger partial charge in [-0.2, -0.15) is 0 Å². The number of guanidine groups is 1. The Bertz CT molecular complexity index is 475. The highest BCUT2D eigenvalue weighted by Gasteiger charge is 2.06. The van der Waals surface area contributed by atoms with Gasteiger partial charge in [0.1, 0.15) is 11.9 Å². The zero-order chi connectivity index (χ0) is 17.1. The fraction of sp³-hybridized carbons (Fsp3) is 0.611. The molecule has 1 unspecified atom stereocenters. The molecular formula is C18H31N3O2. The van der Waals surface area contributed by atoms with Crippen LogP contribution in [0.3, 0.4) is 0 Å². The van der Waals surface area contributed by atoms with Crippen molar-refractivity contribution in [2.75, 3.05) is 26.7 Å². The number of nitrogens with zero attached hydrogens (tertiary/aromatic N) is 1. The van der Waals surface area contributed by atoms with Crippen LogP contribution in [0, 0.1) is 6.92 Å². The zero-order valence-electron chi connectivity index (χ0n) is 15.1. The molecule has 0 aliphatic carbocycles. The standard InChI is InChI=1S/C18H31N3O2/c1-14(2)22-11-7-10-20-18(19-5)21-13-16(4)23-17-9-6-8-15(3)12-17/h6,8-9,12,14,16H,7,10-11,13H2,1-5H3,(H2,19,20,21). The van der Waals surface area contributed by atoms with E-state index < -0.39 is 0 Å². The summed E-state index contributed by atoms with van der Waals surface area (Å²) in [5.74, 6) is 1.68. The average molecular weight is 321 g/mol. The van der Waals surface area contributed by atoms with Crippen LogP contribution in [0.25, 0.3) is 0 Å². The van der Waals surface area contributed by atoms with Crippen LogP contribution in [0.4, 0.5) is 0 Å². The van der Waals surface area contributed by atoms with Crippen LogP contribution in [-0.2, 0) is 4.74 Å². The molecule has 0 saturated heterocycles. The topological polar surface area (TPSA) is 54.9 Å². The Morgan fingerprint density at radius 1 is 1.22 bits per heavy atom. The molecule has 1 aromatic rings. The Morgan fingerprint density at radius 2 is 2.00 bits per heavy atom. The second-order valence-corrected chi connectivity index (χ2v) is 5.90. The summed E-state index contributed by atoms with van der Waals surface area (Å²) < 4.78 is 11.4. The smallest absolute Gasteiger partial charge is 0.191 e. The predicted molar refractivity (Wildman–Crippen MR) is 96.3 cm³/mol. The zero-order valence-corrected chi connectivity index (χ0v) is 15.1. The van der Waals surface area contributed by atoms with E-state index in [1.807, 2.05) is 39.0 Å². The number of aliphatic imine (C=N–C) groups is 1. The molecule has 0 aliphatic heterocycles. The normalized spacial score (nSPS) is 13.0. The Morgan fingerprint density at radius 3 is 2.65 bits per heavy atom. The second kappa shape index (κ2) is 10.9. The van der Waals surface area contributed by atoms with Gasteiger partial charge in [-0.3, -0.25) is 4.99 Å². The van der Waals surface area contributed by atoms with Crippen molar-refractivity contribution in [1.29, 1.82) is 0 Å². The average Bonchev–Trinajstić information content (AvgIpc) is 2.49. The monoisotopic (exact) mass is 321 g/mol. The third kappa shape index (κ3) is 9.08. The van der Waals surface area contributed by atoms with Crippen LogP contribution in [-0.4, -0.2) is 44.9 Å². The molecule has 1 atom stereocenters. The van der Waals surface area contributed by atoms with Crippen molar-refractivity contribution in [2.24, 2.45) is 4.99 Å². The van der Waals surface area contributed by atoms with Gasteiger partial charge in [0, 0.05) is 20.2 Å². The number of aryl methyl sites for hydroxylation is 1. The molecule has 0 heterocycles. The Balaban J connectivity index is 2.23. The first-order valence-electron chi connectivity index (χ1n) is 8.30. The molecule has 1 aromatic carbocycles. The Labute approximate surface area is 140 Å². The van der Waals surface area contributed by atoms with Gasteiger partial charge in [-0.05, 0) is 51.8 Å². The lowest BCUT2D eigenvalue weighted by Crippen LogP contribution is -2.42. The van der Waals surface area contributed by atoms with E-state index in [1.165, 1.54) is 5.56 Å². The maximum absolute atomic E-state index is 5.89. The van der Waals surface area contributed by atoms with Crippen LogP contribution >= 0.6 is 0 Å². The minimum absolute atomic E-state index is 0.0552. The number of hydrogen-bond donors (Lipinski definition) is 2. The molecule has 0 aliphatic rings. The molecule has 0 fully saturated rings. The van der Waals surface area contributed by atoms with E-state index in [0.29, 0.717) is 6.54 Å². The van der Waals surface area contributed by atoms with Crippen molar-refractivity contribution in [2.45, 2.75) is 46.3 Å². The SMILES string of the molecule is CN=C(NCCCOC(C)C)NCC(C)Oc1cccc(C)c1. The number of ether oxygens (including phenoxy) is 2. The molecule has 0 bridgehead atoms. The Kier molecular flexibility index (Phi) is 9.14. The summed E-state index contributed by atoms with van der Waals surface area (Å²) in [6, 6.07) is 8.08. The van der Waals surface area contributed by atoms with Gasteiger partial charge in [-0.15, -0.1) is 0 Å². The molecular weight excluding hydrogens is 290 g/mol. The van der Waals surface area contributed by atoms with E-state index in [-0.39, 0.29) is 12.2 Å². The molecule has 5 nitrogen and oxygen atoms in total. The second-order valence-electron chi connectivity index (χ2n) is 5.90. The van der Waals surface area contributed by atoms with Crippen molar-refractivity contribution < 1.29 is 9.47 Å². The van der Waals surface area contributed by atoms with Gasteiger partial charge >= 0.3 is 0 Å². The molecule has 0 radical (unpaired) electrons. The van der Waals surface area contributed by atoms with E-state index in [9.17, 15) is 0 Å². The first-order chi connectivity index (χ1) is 11.0. The van der Waals surface area contributed by atoms with Crippen LogP contribution in [0.15, 0.2) is 29.3 Å². The minimum atomic E-state index is 0.0552. The van der Waals surface area contributed by atoms with Crippen molar-refractivity contribution in [3.05, 3.63) is 29.8 Å². The van der Waals surface area contributed by atoms with E-state index in [4.69, 9.17) is 9.47 Å². The van der Waals surface area contributed by atoms with Gasteiger partial charge in [0.05, 0.1) is 12.6 Å². The molecule has 0 spiro atoms. The molecule has 1 rings (SSSR count). The lowest BCUT2D eigenvalue weighted by molar-refractivity contribution is 0.0776. The van der Waals surface area contributed by atoms with Crippen LogP contribution < -0.4 is 15.4 Å². The minimum Gasteiger partial charge on any atom is -0.489 e. The summed E-state index contributed by atoms with van der Waals surface area (Å²) in [5.41, 5.74) is 1.20. The van der Waals surface area contributed by atoms with E-state index >= 15 is 0 Å². The highest BCUT2D eigenvalue weighted by atomic mass is 16.5. The van der Waals surface area contributed by atoms with Crippen LogP contribution in [0.2, 0.25) is 0 Å². The highest BCUT2D eigenvalue weighted by Crippen LogP contribution is 2.13. The third-order valence-electron chi connectivity index (χ3n) is 3.17. The molecule has 0 amide bonds. The summed E-state index contributed by atoms with van der Waals surface area (Å²) in [7, 11) is 1.77. The largest absolute Gasteiger partial charge is 0.489 e. The van der Waals surface area contributed by atoms with Crippen molar-refractivity contribution in [3.63, 3.8) is 0 Å². The summed E-state index contributed by atoms with van der Waals surface area (Å²) in [4.78, 5) is 4.21. The molecule has 2 N–H and O–H groups in total. The fourth-order valence-electron chi connectivity index (χ4n) is 2.02. The van der Waals surface area contributed by atoms with Crippen LogP contribution in [0.5, 0.6) is 5.75 Å². The summed E-state index contributed by atoms with van der Waals surface area (Å²) in [5, 5.41) is 6.55. The summed E-state index contributed by atoms with van der Waals surface area (Å²) in [6.07, 6.45) is 1.29. The molecule has 5 heteroatoms. The van der Waals surface area contributed by atoms with Crippen molar-refractivity contribution in [1.82, 2.24) is 10.6 Å². The van der Waals surface area contributed by atoms with Gasteiger partial charge in [0.25, 0.3) is 0 Å². The lowest BCUT2D eigenvalue weighted by Gasteiger charge is -2.18. The summed E-state index contributed by atoms with van der Waals surface area (Å²) in [6.45, 7) is 10.5. The first kappa shape index (κ1) is 19.3. The van der Waals surface area contributed by atoms with Gasteiger partial charge in [0.2, 0.25) is 0 Å². The van der Waals surface area contributed by atoms with Gasteiger partial charge in [-0.25, -0.2) is 0 Å². The van der Waals surface area contributed by atoms with Crippen LogP contribution in [0.1, 0.15) is 32.8 Å².